The molecule has 4 rings (SSSR count). The maximum Gasteiger partial charge on any atom is 0.257 e. The van der Waals surface area contributed by atoms with Gasteiger partial charge in [0.2, 0.25) is 0 Å². The van der Waals surface area contributed by atoms with E-state index in [-0.39, 0.29) is 30.1 Å². The van der Waals surface area contributed by atoms with Crippen LogP contribution in [0.25, 0.3) is 0 Å². The average molecular weight is 429 g/mol. The average Bonchev–Trinajstić information content (AvgIpc) is 2.88. The molecule has 0 saturated carbocycles. The third-order valence-electron chi connectivity index (χ3n) is 4.57. The van der Waals surface area contributed by atoms with Crippen LogP contribution in [0, 0.1) is 6.92 Å². The van der Waals surface area contributed by atoms with Crippen LogP contribution in [0.2, 0.25) is 0 Å². The predicted molar refractivity (Wildman–Crippen MR) is 93.7 cm³/mol. The molecule has 2 aromatic carbocycles. The van der Waals surface area contributed by atoms with Crippen LogP contribution in [0.15, 0.2) is 72.9 Å². The third-order valence-corrected chi connectivity index (χ3v) is 4.57. The first-order valence-electron chi connectivity index (χ1n) is 8.00. The van der Waals surface area contributed by atoms with Crippen LogP contribution < -0.4 is 33.8 Å². The third kappa shape index (κ3) is 2.70. The minimum Gasteiger partial charge on any atom is -1.00 e. The maximum atomic E-state index is 4.69. The first-order chi connectivity index (χ1) is 11.3. The molecule has 1 aromatic heterocycles. The Bertz CT molecular complexity index is 835. The summed E-state index contributed by atoms with van der Waals surface area (Å²) in [6.07, 6.45) is 2.14. The molecule has 4 heteroatoms. The summed E-state index contributed by atoms with van der Waals surface area (Å²) in [5.74, 6) is 1.09. The lowest BCUT2D eigenvalue weighted by Crippen LogP contribution is -3.06. The van der Waals surface area contributed by atoms with Crippen molar-refractivity contribution in [3.8, 4) is 0 Å². The number of nitrogens with zero attached hydrogens (tertiary/aromatic N) is 2. The van der Waals surface area contributed by atoms with Gasteiger partial charge in [0.25, 0.3) is 5.82 Å². The predicted octanol–water partition coefficient (Wildman–Crippen LogP) is 0.740. The summed E-state index contributed by atoms with van der Waals surface area (Å²) in [6, 6.07) is 23.3. The van der Waals surface area contributed by atoms with Gasteiger partial charge in [0.15, 0.2) is 6.17 Å². The van der Waals surface area contributed by atoms with Crippen LogP contribution in [0.5, 0.6) is 0 Å². The van der Waals surface area contributed by atoms with E-state index >= 15 is 0 Å². The summed E-state index contributed by atoms with van der Waals surface area (Å²) in [6.45, 7) is 4.43. The number of hydrogen-bond donors (Lipinski definition) is 1. The van der Waals surface area contributed by atoms with Crippen molar-refractivity contribution in [2.75, 3.05) is 4.90 Å². The van der Waals surface area contributed by atoms with Crippen LogP contribution in [0.4, 0.5) is 22.9 Å². The molecule has 0 fully saturated rings. The number of pyridine rings is 1. The minimum absolute atomic E-state index is 0. The molecule has 0 amide bonds. The highest BCUT2D eigenvalue weighted by Gasteiger charge is 2.41. The Labute approximate surface area is 160 Å². The van der Waals surface area contributed by atoms with Gasteiger partial charge in [-0.05, 0) is 42.8 Å². The van der Waals surface area contributed by atoms with Gasteiger partial charge in [0.1, 0.15) is 11.4 Å². The number of quaternary nitrogens is 1. The Morgan fingerprint density at radius 2 is 1.54 bits per heavy atom. The Kier molecular flexibility index (Phi) is 4.87. The smallest absolute Gasteiger partial charge is 0.257 e. The first-order valence-corrected chi connectivity index (χ1v) is 8.00. The van der Waals surface area contributed by atoms with Crippen molar-refractivity contribution in [1.82, 2.24) is 4.98 Å². The van der Waals surface area contributed by atoms with E-state index in [4.69, 9.17) is 4.98 Å². The second-order valence-corrected chi connectivity index (χ2v) is 5.98. The standard InChI is InChI=1S/C20H19N3.HI/c1-15-9-6-7-12-18(15)23-16(2)22(17-10-4-3-5-11-17)20-19(23)13-8-14-21-20;/h3-14,16H,1-2H3;1H. The minimum atomic E-state index is 0. The highest BCUT2D eigenvalue weighted by molar-refractivity contribution is 5.75. The lowest BCUT2D eigenvalue weighted by Gasteiger charge is -2.26. The molecule has 0 saturated heterocycles. The largest absolute Gasteiger partial charge is 1.00 e. The zero-order valence-electron chi connectivity index (χ0n) is 13.8. The normalized spacial score (nSPS) is 18.8. The monoisotopic (exact) mass is 429 g/mol. The Morgan fingerprint density at radius 3 is 2.29 bits per heavy atom. The van der Waals surface area contributed by atoms with Crippen LogP contribution in [-0.2, 0) is 0 Å². The Morgan fingerprint density at radius 1 is 0.875 bits per heavy atom. The zero-order valence-corrected chi connectivity index (χ0v) is 15.9. The highest BCUT2D eigenvalue weighted by Crippen LogP contribution is 2.37. The molecular weight excluding hydrogens is 409 g/mol. The number of fused-ring (bicyclic) bond motifs is 1. The summed E-state index contributed by atoms with van der Waals surface area (Å²) >= 11 is 0. The lowest BCUT2D eigenvalue weighted by molar-refractivity contribution is -0.782. The molecule has 3 nitrogen and oxygen atoms in total. The van der Waals surface area contributed by atoms with Crippen LogP contribution in [-0.4, -0.2) is 11.1 Å². The molecule has 0 spiro atoms. The van der Waals surface area contributed by atoms with Gasteiger partial charge in [-0.3, -0.25) is 4.90 Å². The van der Waals surface area contributed by atoms with E-state index < -0.39 is 0 Å². The number of aromatic nitrogens is 1. The fraction of sp³-hybridized carbons (Fsp3) is 0.150. The van der Waals surface area contributed by atoms with E-state index in [0.29, 0.717) is 0 Å². The van der Waals surface area contributed by atoms with Gasteiger partial charge >= 0.3 is 0 Å². The van der Waals surface area contributed by atoms with Crippen LogP contribution in [0.1, 0.15) is 12.5 Å². The molecule has 1 aliphatic heterocycles. The molecular formula is C20H20IN3. The van der Waals surface area contributed by atoms with E-state index in [2.05, 4.69) is 79.4 Å². The van der Waals surface area contributed by atoms with Gasteiger partial charge in [0, 0.05) is 18.8 Å². The quantitative estimate of drug-likeness (QED) is 0.607. The van der Waals surface area contributed by atoms with Gasteiger partial charge in [0.05, 0.1) is 0 Å². The van der Waals surface area contributed by atoms with Crippen molar-refractivity contribution in [3.05, 3.63) is 78.5 Å². The number of hydrogen-bond acceptors (Lipinski definition) is 2. The molecule has 0 aliphatic carbocycles. The number of halogens is 1. The number of nitrogens with one attached hydrogen (secondary N) is 1. The number of benzene rings is 2. The fourth-order valence-corrected chi connectivity index (χ4v) is 3.50. The van der Waals surface area contributed by atoms with Crippen LogP contribution >= 0.6 is 0 Å². The van der Waals surface area contributed by atoms with Crippen molar-refractivity contribution in [1.29, 1.82) is 0 Å². The van der Waals surface area contributed by atoms with E-state index in [9.17, 15) is 0 Å². The molecule has 2 heterocycles. The summed E-state index contributed by atoms with van der Waals surface area (Å²) in [5, 5.41) is 0. The van der Waals surface area contributed by atoms with Crippen molar-refractivity contribution < 1.29 is 28.9 Å². The van der Waals surface area contributed by atoms with Gasteiger partial charge in [-0.25, -0.2) is 9.88 Å². The highest BCUT2D eigenvalue weighted by atomic mass is 127. The summed E-state index contributed by atoms with van der Waals surface area (Å²) < 4.78 is 0. The number of rotatable bonds is 2. The van der Waals surface area contributed by atoms with Crippen LogP contribution in [0.3, 0.4) is 0 Å². The molecule has 2 unspecified atom stereocenters. The molecule has 24 heavy (non-hydrogen) atoms. The topological polar surface area (TPSA) is 20.6 Å². The van der Waals surface area contributed by atoms with Gasteiger partial charge in [-0.2, -0.15) is 0 Å². The molecule has 0 bridgehead atoms. The molecule has 3 aromatic rings. The number of anilines is 2. The molecule has 0 radical (unpaired) electrons. The first kappa shape index (κ1) is 16.9. The van der Waals surface area contributed by atoms with Gasteiger partial charge in [-0.15, -0.1) is 0 Å². The molecule has 1 N–H and O–H groups in total. The molecule has 122 valence electrons. The van der Waals surface area contributed by atoms with E-state index in [1.807, 2.05) is 12.3 Å². The maximum absolute atomic E-state index is 4.69. The van der Waals surface area contributed by atoms with Crippen molar-refractivity contribution in [2.24, 2.45) is 0 Å². The molecule has 1 aliphatic rings. The second-order valence-electron chi connectivity index (χ2n) is 5.98. The zero-order chi connectivity index (χ0) is 15.8. The Hall–Kier alpha value is -1.92. The van der Waals surface area contributed by atoms with Crippen molar-refractivity contribution >= 4 is 22.9 Å². The Balaban J connectivity index is 0.00000169. The summed E-state index contributed by atoms with van der Waals surface area (Å²) in [7, 11) is 0. The summed E-state index contributed by atoms with van der Waals surface area (Å²) in [4.78, 5) is 8.39. The van der Waals surface area contributed by atoms with E-state index in [1.54, 1.807) is 0 Å². The SMILES string of the molecule is Cc1ccccc1N1c2cccnc2[NH+](c2ccccc2)C1C.[I-]. The number of aryl methyl sites for hydroxylation is 1. The van der Waals surface area contributed by atoms with Gasteiger partial charge in [-0.1, -0.05) is 36.4 Å². The van der Waals surface area contributed by atoms with Crippen molar-refractivity contribution in [3.63, 3.8) is 0 Å². The molecule has 2 atom stereocenters. The summed E-state index contributed by atoms with van der Waals surface area (Å²) in [5.41, 5.74) is 4.97. The van der Waals surface area contributed by atoms with Crippen molar-refractivity contribution in [2.45, 2.75) is 20.0 Å². The second kappa shape index (κ2) is 6.91. The van der Waals surface area contributed by atoms with Gasteiger partial charge < -0.3 is 24.0 Å². The lowest BCUT2D eigenvalue weighted by atomic mass is 10.1. The van der Waals surface area contributed by atoms with E-state index in [1.165, 1.54) is 27.5 Å². The fourth-order valence-electron chi connectivity index (χ4n) is 3.50. The number of para-hydroxylation sites is 2. The van der Waals surface area contributed by atoms with E-state index in [0.717, 1.165) is 5.82 Å².